The van der Waals surface area contributed by atoms with E-state index in [2.05, 4.69) is 27.5 Å². The van der Waals surface area contributed by atoms with Crippen LogP contribution in [0.25, 0.3) is 21.0 Å². The minimum absolute atomic E-state index is 0.285. The lowest BCUT2D eigenvalue weighted by Crippen LogP contribution is -1.93. The summed E-state index contributed by atoms with van der Waals surface area (Å²) < 4.78 is 11.0. The van der Waals surface area contributed by atoms with Crippen LogP contribution in [-0.4, -0.2) is 22.2 Å². The van der Waals surface area contributed by atoms with Crippen molar-refractivity contribution < 1.29 is 9.47 Å². The second kappa shape index (κ2) is 4.35. The number of aryl methyl sites for hydroxylation is 1. The second-order valence-corrected chi connectivity index (χ2v) is 5.54. The molecular formula is C14H11N3O2S. The van der Waals surface area contributed by atoms with Gasteiger partial charge in [0.2, 0.25) is 6.79 Å². The van der Waals surface area contributed by atoms with E-state index in [1.54, 1.807) is 11.3 Å². The van der Waals surface area contributed by atoms with Crippen molar-refractivity contribution >= 4 is 11.3 Å². The zero-order valence-corrected chi connectivity index (χ0v) is 11.5. The molecule has 0 aliphatic carbocycles. The van der Waals surface area contributed by atoms with Gasteiger partial charge in [0.05, 0.1) is 10.6 Å². The molecule has 20 heavy (non-hydrogen) atoms. The van der Waals surface area contributed by atoms with Crippen LogP contribution < -0.4 is 9.47 Å². The quantitative estimate of drug-likeness (QED) is 0.785. The molecule has 1 aliphatic heterocycles. The number of aromatic amines is 1. The fraction of sp³-hybridized carbons (Fsp3) is 0.143. The van der Waals surface area contributed by atoms with Crippen LogP contribution in [0.4, 0.5) is 0 Å². The number of aromatic nitrogens is 3. The van der Waals surface area contributed by atoms with Crippen LogP contribution in [-0.2, 0) is 0 Å². The Morgan fingerprint density at radius 2 is 2.00 bits per heavy atom. The lowest BCUT2D eigenvalue weighted by Gasteiger charge is -2.02. The number of para-hydroxylation sites is 1. The number of H-pyrrole nitrogens is 1. The molecule has 1 aliphatic rings. The van der Waals surface area contributed by atoms with Crippen LogP contribution >= 0.6 is 11.3 Å². The van der Waals surface area contributed by atoms with E-state index in [-0.39, 0.29) is 6.79 Å². The van der Waals surface area contributed by atoms with Gasteiger partial charge in [-0.1, -0.05) is 6.07 Å². The molecule has 0 saturated heterocycles. The highest BCUT2D eigenvalue weighted by Gasteiger charge is 2.20. The van der Waals surface area contributed by atoms with Gasteiger partial charge in [-0.25, -0.2) is 0 Å². The number of hydrogen-bond donors (Lipinski definition) is 1. The summed E-state index contributed by atoms with van der Waals surface area (Å²) in [6, 6.07) is 10.1. The predicted molar refractivity (Wildman–Crippen MR) is 76.0 cm³/mol. The predicted octanol–water partition coefficient (Wildman–Crippen LogP) is 3.24. The van der Waals surface area contributed by atoms with Crippen molar-refractivity contribution in [2.75, 3.05) is 6.79 Å². The van der Waals surface area contributed by atoms with Gasteiger partial charge in [0, 0.05) is 10.4 Å². The molecule has 0 bridgehead atoms. The van der Waals surface area contributed by atoms with Gasteiger partial charge < -0.3 is 9.47 Å². The minimum Gasteiger partial charge on any atom is -0.454 e. The van der Waals surface area contributed by atoms with E-state index in [0.29, 0.717) is 0 Å². The Morgan fingerprint density at radius 1 is 1.10 bits per heavy atom. The Hall–Kier alpha value is -2.34. The van der Waals surface area contributed by atoms with Crippen LogP contribution in [0.1, 0.15) is 5.69 Å². The molecule has 100 valence electrons. The number of ether oxygens (including phenoxy) is 2. The highest BCUT2D eigenvalue weighted by Crippen LogP contribution is 2.44. The van der Waals surface area contributed by atoms with Gasteiger partial charge in [-0.15, -0.1) is 11.3 Å². The van der Waals surface area contributed by atoms with Crippen molar-refractivity contribution in [3.8, 4) is 32.5 Å². The third-order valence-electron chi connectivity index (χ3n) is 3.22. The first-order valence-electron chi connectivity index (χ1n) is 6.19. The van der Waals surface area contributed by atoms with E-state index in [4.69, 9.17) is 9.47 Å². The van der Waals surface area contributed by atoms with Crippen molar-refractivity contribution in [2.24, 2.45) is 0 Å². The molecule has 0 spiro atoms. The van der Waals surface area contributed by atoms with Crippen molar-refractivity contribution in [1.29, 1.82) is 0 Å². The first-order valence-corrected chi connectivity index (χ1v) is 7.01. The topological polar surface area (TPSA) is 60.0 Å². The highest BCUT2D eigenvalue weighted by molar-refractivity contribution is 7.18. The molecule has 1 aromatic carbocycles. The minimum atomic E-state index is 0.285. The number of nitrogens with one attached hydrogen (secondary N) is 1. The second-order valence-electron chi connectivity index (χ2n) is 4.46. The lowest BCUT2D eigenvalue weighted by molar-refractivity contribution is 0.174. The van der Waals surface area contributed by atoms with Gasteiger partial charge in [-0.2, -0.15) is 15.4 Å². The molecule has 0 radical (unpaired) electrons. The molecule has 0 fully saturated rings. The van der Waals surface area contributed by atoms with Crippen LogP contribution in [0, 0.1) is 6.92 Å². The maximum absolute atomic E-state index is 5.56. The molecule has 5 nitrogen and oxygen atoms in total. The van der Waals surface area contributed by atoms with Gasteiger partial charge in [-0.3, -0.25) is 0 Å². The molecule has 3 heterocycles. The maximum Gasteiger partial charge on any atom is 0.231 e. The van der Waals surface area contributed by atoms with Crippen molar-refractivity contribution in [3.05, 3.63) is 36.0 Å². The molecule has 3 aromatic rings. The zero-order valence-electron chi connectivity index (χ0n) is 10.7. The Morgan fingerprint density at radius 3 is 2.85 bits per heavy atom. The first-order chi connectivity index (χ1) is 9.83. The molecule has 0 atom stereocenters. The molecule has 1 N–H and O–H groups in total. The van der Waals surface area contributed by atoms with Crippen LogP contribution in [0.15, 0.2) is 30.3 Å². The molecular weight excluding hydrogens is 274 g/mol. The Labute approximate surface area is 119 Å². The lowest BCUT2D eigenvalue weighted by atomic mass is 10.1. The van der Waals surface area contributed by atoms with Gasteiger partial charge in [0.25, 0.3) is 0 Å². The molecule has 6 heteroatoms. The number of benzene rings is 1. The number of fused-ring (bicyclic) bond motifs is 1. The molecule has 0 saturated carbocycles. The Balaban J connectivity index is 1.80. The van der Waals surface area contributed by atoms with E-state index in [9.17, 15) is 0 Å². The largest absolute Gasteiger partial charge is 0.454 e. The third-order valence-corrected chi connectivity index (χ3v) is 4.35. The normalized spacial score (nSPS) is 12.8. The van der Waals surface area contributed by atoms with E-state index < -0.39 is 0 Å². The summed E-state index contributed by atoms with van der Waals surface area (Å²) in [5, 5.41) is 10.9. The van der Waals surface area contributed by atoms with E-state index in [1.165, 1.54) is 0 Å². The summed E-state index contributed by atoms with van der Waals surface area (Å²) in [5.74, 6) is 1.62. The average Bonchev–Trinajstić information content (AvgIpc) is 3.17. The molecule has 0 unspecified atom stereocenters. The summed E-state index contributed by atoms with van der Waals surface area (Å²) in [5.41, 5.74) is 2.85. The fourth-order valence-electron chi connectivity index (χ4n) is 2.25. The van der Waals surface area contributed by atoms with Gasteiger partial charge >= 0.3 is 0 Å². The first kappa shape index (κ1) is 11.5. The summed E-state index contributed by atoms with van der Waals surface area (Å²) in [6.45, 7) is 2.22. The Kier molecular flexibility index (Phi) is 2.50. The van der Waals surface area contributed by atoms with Gasteiger partial charge in [0.15, 0.2) is 11.5 Å². The smallest absolute Gasteiger partial charge is 0.231 e. The number of hydrogen-bond acceptors (Lipinski definition) is 5. The van der Waals surface area contributed by atoms with Gasteiger partial charge in [-0.05, 0) is 31.2 Å². The number of rotatable bonds is 2. The Bertz CT molecular complexity index is 778. The van der Waals surface area contributed by atoms with E-state index in [0.717, 1.165) is 38.2 Å². The average molecular weight is 285 g/mol. The maximum atomic E-state index is 5.56. The van der Waals surface area contributed by atoms with Crippen LogP contribution in [0.2, 0.25) is 0 Å². The van der Waals surface area contributed by atoms with Crippen molar-refractivity contribution in [2.45, 2.75) is 6.92 Å². The monoisotopic (exact) mass is 285 g/mol. The molecule has 0 amide bonds. The summed E-state index contributed by atoms with van der Waals surface area (Å²) in [4.78, 5) is 2.22. The van der Waals surface area contributed by atoms with Crippen molar-refractivity contribution in [3.63, 3.8) is 0 Å². The van der Waals surface area contributed by atoms with E-state index >= 15 is 0 Å². The van der Waals surface area contributed by atoms with Crippen molar-refractivity contribution in [1.82, 2.24) is 15.4 Å². The highest BCUT2D eigenvalue weighted by atomic mass is 32.1. The standard InChI is InChI=1S/C14H11N3O2S/c1-8-13(16-17-15-8)12-6-5-11(20-12)9-3-2-4-10-14(9)19-7-18-10/h2-6H,7H2,1H3,(H,15,16,17). The molecule has 4 rings (SSSR count). The van der Waals surface area contributed by atoms with Crippen LogP contribution in [0.5, 0.6) is 11.5 Å². The summed E-state index contributed by atoms with van der Waals surface area (Å²) in [6.07, 6.45) is 0. The van der Waals surface area contributed by atoms with E-state index in [1.807, 2.05) is 25.1 Å². The number of nitrogens with zero attached hydrogens (tertiary/aromatic N) is 2. The number of thiophene rings is 1. The van der Waals surface area contributed by atoms with Gasteiger partial charge in [0.1, 0.15) is 5.69 Å². The summed E-state index contributed by atoms with van der Waals surface area (Å²) >= 11 is 1.67. The van der Waals surface area contributed by atoms with Crippen LogP contribution in [0.3, 0.4) is 0 Å². The third kappa shape index (κ3) is 1.69. The fourth-order valence-corrected chi connectivity index (χ4v) is 3.32. The summed E-state index contributed by atoms with van der Waals surface area (Å²) in [7, 11) is 0. The molecule has 2 aromatic heterocycles. The zero-order chi connectivity index (χ0) is 13.5. The SMILES string of the molecule is Cc1n[nH]nc1-c1ccc(-c2cccc3c2OCO3)s1.